The first kappa shape index (κ1) is 13.4. The second kappa shape index (κ2) is 9.00. The van der Waals surface area contributed by atoms with Crippen LogP contribution in [0.25, 0.3) is 0 Å². The summed E-state index contributed by atoms with van der Waals surface area (Å²) in [6.45, 7) is 2.82. The summed E-state index contributed by atoms with van der Waals surface area (Å²) in [5, 5.41) is 3.38. The van der Waals surface area contributed by atoms with Gasteiger partial charge in [0.15, 0.2) is 0 Å². The molecule has 1 aromatic rings. The van der Waals surface area contributed by atoms with Gasteiger partial charge in [0, 0.05) is 6.54 Å². The van der Waals surface area contributed by atoms with Crippen LogP contribution in [0.1, 0.15) is 18.4 Å². The van der Waals surface area contributed by atoms with Crippen LogP contribution in [0.5, 0.6) is 0 Å². The molecule has 0 aliphatic carbocycles. The van der Waals surface area contributed by atoms with E-state index in [1.807, 2.05) is 6.07 Å². The van der Waals surface area contributed by atoms with Gasteiger partial charge in [-0.3, -0.25) is 0 Å². The summed E-state index contributed by atoms with van der Waals surface area (Å²) in [5.74, 6) is 0. The molecule has 0 aliphatic heterocycles. The molecule has 0 spiro atoms. The molecular formula is C11H19ClN2. The fourth-order valence-corrected chi connectivity index (χ4v) is 1.22. The number of halogens is 1. The molecule has 0 atom stereocenters. The van der Waals surface area contributed by atoms with Gasteiger partial charge in [0.2, 0.25) is 0 Å². The van der Waals surface area contributed by atoms with Crippen LogP contribution in [0, 0.1) is 0 Å². The molecule has 0 saturated carbocycles. The molecule has 3 heteroatoms. The molecule has 0 bridgehead atoms. The Morgan fingerprint density at radius 2 is 1.79 bits per heavy atom. The molecule has 80 valence electrons. The van der Waals surface area contributed by atoms with E-state index in [1.165, 1.54) is 12.0 Å². The second-order valence-electron chi connectivity index (χ2n) is 3.16. The van der Waals surface area contributed by atoms with Crippen LogP contribution >= 0.6 is 12.4 Å². The molecule has 2 nitrogen and oxygen atoms in total. The predicted molar refractivity (Wildman–Crippen MR) is 63.7 cm³/mol. The average Bonchev–Trinajstić information content (AvgIpc) is 2.19. The van der Waals surface area contributed by atoms with Gasteiger partial charge < -0.3 is 11.1 Å². The number of nitrogens with one attached hydrogen (secondary N) is 1. The van der Waals surface area contributed by atoms with Gasteiger partial charge in [-0.15, -0.1) is 12.4 Å². The molecule has 0 aromatic heterocycles. The van der Waals surface area contributed by atoms with Crippen molar-refractivity contribution in [3.8, 4) is 0 Å². The number of rotatable bonds is 6. The zero-order valence-corrected chi connectivity index (χ0v) is 9.22. The van der Waals surface area contributed by atoms with Gasteiger partial charge in [-0.25, -0.2) is 0 Å². The van der Waals surface area contributed by atoms with Gasteiger partial charge in [-0.1, -0.05) is 30.3 Å². The van der Waals surface area contributed by atoms with Crippen molar-refractivity contribution in [2.45, 2.75) is 19.4 Å². The van der Waals surface area contributed by atoms with Crippen molar-refractivity contribution < 1.29 is 0 Å². The van der Waals surface area contributed by atoms with Crippen molar-refractivity contribution >= 4 is 12.4 Å². The number of hydrogen-bond acceptors (Lipinski definition) is 2. The van der Waals surface area contributed by atoms with Crippen LogP contribution in [0.15, 0.2) is 30.3 Å². The Labute approximate surface area is 92.3 Å². The quantitative estimate of drug-likeness (QED) is 0.711. The van der Waals surface area contributed by atoms with E-state index in [0.717, 1.165) is 26.1 Å². The molecule has 0 aliphatic rings. The van der Waals surface area contributed by atoms with E-state index >= 15 is 0 Å². The van der Waals surface area contributed by atoms with Crippen molar-refractivity contribution in [2.75, 3.05) is 13.1 Å². The van der Waals surface area contributed by atoms with Crippen molar-refractivity contribution in [1.29, 1.82) is 0 Å². The zero-order chi connectivity index (χ0) is 9.36. The van der Waals surface area contributed by atoms with E-state index in [-0.39, 0.29) is 12.4 Å². The SMILES string of the molecule is Cl.NCCCCNCc1ccccc1. The maximum absolute atomic E-state index is 5.39. The Balaban J connectivity index is 0.00000169. The highest BCUT2D eigenvalue weighted by Crippen LogP contribution is 1.97. The molecule has 0 fully saturated rings. The van der Waals surface area contributed by atoms with E-state index in [1.54, 1.807) is 0 Å². The fourth-order valence-electron chi connectivity index (χ4n) is 1.22. The summed E-state index contributed by atoms with van der Waals surface area (Å²) >= 11 is 0. The van der Waals surface area contributed by atoms with Crippen LogP contribution in [0.3, 0.4) is 0 Å². The lowest BCUT2D eigenvalue weighted by molar-refractivity contribution is 0.627. The van der Waals surface area contributed by atoms with E-state index in [0.29, 0.717) is 0 Å². The highest BCUT2D eigenvalue weighted by Gasteiger charge is 1.89. The third kappa shape index (κ3) is 5.97. The van der Waals surface area contributed by atoms with E-state index in [9.17, 15) is 0 Å². The molecule has 0 radical (unpaired) electrons. The van der Waals surface area contributed by atoms with Crippen LogP contribution in [-0.2, 0) is 6.54 Å². The molecule has 1 rings (SSSR count). The largest absolute Gasteiger partial charge is 0.330 e. The fraction of sp³-hybridized carbons (Fsp3) is 0.455. The first-order valence-corrected chi connectivity index (χ1v) is 4.88. The summed E-state index contributed by atoms with van der Waals surface area (Å²) in [6.07, 6.45) is 2.28. The molecule has 0 saturated heterocycles. The summed E-state index contributed by atoms with van der Waals surface area (Å²) in [4.78, 5) is 0. The van der Waals surface area contributed by atoms with Gasteiger partial charge in [0.1, 0.15) is 0 Å². The molecule has 1 aromatic carbocycles. The maximum atomic E-state index is 5.39. The van der Waals surface area contributed by atoms with Gasteiger partial charge in [-0.2, -0.15) is 0 Å². The third-order valence-electron chi connectivity index (χ3n) is 1.98. The molecule has 0 unspecified atom stereocenters. The number of unbranched alkanes of at least 4 members (excludes halogenated alkanes) is 1. The smallest absolute Gasteiger partial charge is 0.0205 e. The van der Waals surface area contributed by atoms with Gasteiger partial charge in [0.25, 0.3) is 0 Å². The van der Waals surface area contributed by atoms with Gasteiger partial charge in [0.05, 0.1) is 0 Å². The highest BCUT2D eigenvalue weighted by atomic mass is 35.5. The van der Waals surface area contributed by atoms with Crippen molar-refractivity contribution in [1.82, 2.24) is 5.32 Å². The van der Waals surface area contributed by atoms with Crippen LogP contribution in [0.2, 0.25) is 0 Å². The summed E-state index contributed by atoms with van der Waals surface area (Å²) in [5.41, 5.74) is 6.74. The Hall–Kier alpha value is -0.570. The normalized spacial score (nSPS) is 9.50. The van der Waals surface area contributed by atoms with E-state index in [2.05, 4.69) is 29.6 Å². The second-order valence-corrected chi connectivity index (χ2v) is 3.16. The standard InChI is InChI=1S/C11H18N2.ClH/c12-8-4-5-9-13-10-11-6-2-1-3-7-11;/h1-3,6-7,13H,4-5,8-10,12H2;1H. The summed E-state index contributed by atoms with van der Waals surface area (Å²) < 4.78 is 0. The molecule has 0 amide bonds. The first-order valence-electron chi connectivity index (χ1n) is 4.88. The number of hydrogen-bond donors (Lipinski definition) is 2. The van der Waals surface area contributed by atoms with Crippen molar-refractivity contribution in [2.24, 2.45) is 5.73 Å². The van der Waals surface area contributed by atoms with Crippen LogP contribution in [-0.4, -0.2) is 13.1 Å². The minimum atomic E-state index is 0. The van der Waals surface area contributed by atoms with Crippen molar-refractivity contribution in [3.05, 3.63) is 35.9 Å². The summed E-state index contributed by atoms with van der Waals surface area (Å²) in [7, 11) is 0. The number of nitrogens with two attached hydrogens (primary N) is 1. The lowest BCUT2D eigenvalue weighted by Gasteiger charge is -2.03. The molecular weight excluding hydrogens is 196 g/mol. The Kier molecular flexibility index (Phi) is 8.64. The minimum absolute atomic E-state index is 0. The van der Waals surface area contributed by atoms with Gasteiger partial charge >= 0.3 is 0 Å². The first-order chi connectivity index (χ1) is 6.43. The Morgan fingerprint density at radius 1 is 1.07 bits per heavy atom. The lowest BCUT2D eigenvalue weighted by Crippen LogP contribution is -2.15. The average molecular weight is 215 g/mol. The monoisotopic (exact) mass is 214 g/mol. The lowest BCUT2D eigenvalue weighted by atomic mass is 10.2. The Bertz CT molecular complexity index is 214. The summed E-state index contributed by atoms with van der Waals surface area (Å²) in [6, 6.07) is 10.4. The van der Waals surface area contributed by atoms with Crippen LogP contribution < -0.4 is 11.1 Å². The van der Waals surface area contributed by atoms with E-state index in [4.69, 9.17) is 5.73 Å². The topological polar surface area (TPSA) is 38.0 Å². The zero-order valence-electron chi connectivity index (χ0n) is 8.41. The molecule has 14 heavy (non-hydrogen) atoms. The molecule has 3 N–H and O–H groups in total. The maximum Gasteiger partial charge on any atom is 0.0205 e. The van der Waals surface area contributed by atoms with Crippen LogP contribution in [0.4, 0.5) is 0 Å². The molecule has 0 heterocycles. The third-order valence-corrected chi connectivity index (χ3v) is 1.98. The number of benzene rings is 1. The highest BCUT2D eigenvalue weighted by molar-refractivity contribution is 5.85. The predicted octanol–water partition coefficient (Wildman–Crippen LogP) is 1.94. The van der Waals surface area contributed by atoms with Gasteiger partial charge in [-0.05, 0) is 31.5 Å². The van der Waals surface area contributed by atoms with E-state index < -0.39 is 0 Å². The Morgan fingerprint density at radius 3 is 2.43 bits per heavy atom. The minimum Gasteiger partial charge on any atom is -0.330 e. The van der Waals surface area contributed by atoms with Crippen molar-refractivity contribution in [3.63, 3.8) is 0 Å².